The van der Waals surface area contributed by atoms with Gasteiger partial charge in [-0.2, -0.15) is 0 Å². The molecule has 1 heterocycles. The third-order valence-electron chi connectivity index (χ3n) is 4.21. The molecule has 9 heteroatoms. The number of benzene rings is 1. The molecule has 142 valence electrons. The summed E-state index contributed by atoms with van der Waals surface area (Å²) in [4.78, 5) is 12.5. The van der Waals surface area contributed by atoms with E-state index in [0.717, 1.165) is 0 Å². The summed E-state index contributed by atoms with van der Waals surface area (Å²) in [6, 6.07) is 6.00. The summed E-state index contributed by atoms with van der Waals surface area (Å²) in [6.45, 7) is 4.58. The minimum absolute atomic E-state index is 0. The first-order chi connectivity index (χ1) is 11.3. The summed E-state index contributed by atoms with van der Waals surface area (Å²) in [7, 11) is -3.62. The van der Waals surface area contributed by atoms with E-state index in [4.69, 9.17) is 10.5 Å². The predicted molar refractivity (Wildman–Crippen MR) is 99.4 cm³/mol. The van der Waals surface area contributed by atoms with Crippen molar-refractivity contribution < 1.29 is 17.9 Å². The molecule has 1 amide bonds. The Labute approximate surface area is 155 Å². The first-order valence-corrected chi connectivity index (χ1v) is 9.55. The van der Waals surface area contributed by atoms with Crippen LogP contribution < -0.4 is 15.8 Å². The van der Waals surface area contributed by atoms with Gasteiger partial charge in [0.15, 0.2) is 0 Å². The van der Waals surface area contributed by atoms with E-state index in [2.05, 4.69) is 10.0 Å². The second-order valence-corrected chi connectivity index (χ2v) is 7.90. The maximum Gasteiger partial charge on any atom is 0.244 e. The van der Waals surface area contributed by atoms with Crippen LogP contribution >= 0.6 is 12.4 Å². The van der Waals surface area contributed by atoms with Gasteiger partial charge in [-0.05, 0) is 44.4 Å². The number of hydrogen-bond donors (Lipinski definition) is 3. The number of amides is 1. The van der Waals surface area contributed by atoms with Crippen molar-refractivity contribution in [3.8, 4) is 0 Å². The van der Waals surface area contributed by atoms with Crippen molar-refractivity contribution in [1.29, 1.82) is 0 Å². The number of nitrogens with one attached hydrogen (secondary N) is 2. The minimum atomic E-state index is -3.62. The molecule has 1 saturated heterocycles. The molecule has 1 aromatic carbocycles. The molecular weight excluding hydrogens is 366 g/mol. The number of anilines is 1. The Morgan fingerprint density at radius 1 is 1.36 bits per heavy atom. The molecule has 2 rings (SSSR count). The predicted octanol–water partition coefficient (Wildman–Crippen LogP) is 1.63. The van der Waals surface area contributed by atoms with Crippen LogP contribution in [-0.2, 0) is 19.6 Å². The van der Waals surface area contributed by atoms with E-state index in [1.165, 1.54) is 12.1 Å². The van der Waals surface area contributed by atoms with E-state index in [-0.39, 0.29) is 29.3 Å². The van der Waals surface area contributed by atoms with Gasteiger partial charge in [0.25, 0.3) is 0 Å². The summed E-state index contributed by atoms with van der Waals surface area (Å²) >= 11 is 0. The van der Waals surface area contributed by atoms with Crippen molar-refractivity contribution in [3.63, 3.8) is 0 Å². The van der Waals surface area contributed by atoms with Crippen LogP contribution in [0.5, 0.6) is 0 Å². The SMILES string of the molecule is CCC(C)NS(=O)(=O)c1cccc(NC(=O)C2(N)CCOCC2)c1.Cl. The number of sulfonamides is 1. The van der Waals surface area contributed by atoms with Gasteiger partial charge in [0.1, 0.15) is 5.54 Å². The summed E-state index contributed by atoms with van der Waals surface area (Å²) in [5.41, 5.74) is 5.56. The Morgan fingerprint density at radius 3 is 2.60 bits per heavy atom. The zero-order valence-corrected chi connectivity index (χ0v) is 16.1. The molecule has 1 atom stereocenters. The normalized spacial score (nSPS) is 18.0. The lowest BCUT2D eigenvalue weighted by Crippen LogP contribution is -2.54. The van der Waals surface area contributed by atoms with Crippen molar-refractivity contribution in [1.82, 2.24) is 4.72 Å². The lowest BCUT2D eigenvalue weighted by atomic mass is 9.90. The lowest BCUT2D eigenvalue weighted by molar-refractivity contribution is -0.124. The fraction of sp³-hybridized carbons (Fsp3) is 0.562. The Bertz CT molecular complexity index is 690. The van der Waals surface area contributed by atoms with Crippen molar-refractivity contribution in [2.75, 3.05) is 18.5 Å². The summed E-state index contributed by atoms with van der Waals surface area (Å²) in [5.74, 6) is -0.324. The number of carbonyl (C=O) groups is 1. The molecule has 7 nitrogen and oxygen atoms in total. The minimum Gasteiger partial charge on any atom is -0.381 e. The average molecular weight is 392 g/mol. The Kier molecular flexibility index (Phi) is 7.83. The summed E-state index contributed by atoms with van der Waals surface area (Å²) in [5, 5.41) is 2.72. The Hall–Kier alpha value is -1.19. The highest BCUT2D eigenvalue weighted by atomic mass is 35.5. The van der Waals surface area contributed by atoms with Crippen molar-refractivity contribution >= 4 is 34.0 Å². The molecule has 0 saturated carbocycles. The highest BCUT2D eigenvalue weighted by Crippen LogP contribution is 2.22. The van der Waals surface area contributed by atoms with Crippen LogP contribution in [0.3, 0.4) is 0 Å². The standard InChI is InChI=1S/C16H25N3O4S.ClH/c1-3-12(2)19-24(21,22)14-6-4-5-13(11-14)18-15(20)16(17)7-9-23-10-8-16;/h4-6,11-12,19H,3,7-10,17H2,1-2H3,(H,18,20);1H. The lowest BCUT2D eigenvalue weighted by Gasteiger charge is -2.31. The van der Waals surface area contributed by atoms with Gasteiger partial charge in [-0.25, -0.2) is 13.1 Å². The van der Waals surface area contributed by atoms with Gasteiger partial charge in [0.05, 0.1) is 4.90 Å². The zero-order chi connectivity index (χ0) is 17.8. The molecule has 1 fully saturated rings. The van der Waals surface area contributed by atoms with Crippen LogP contribution in [0.4, 0.5) is 5.69 Å². The van der Waals surface area contributed by atoms with Crippen LogP contribution in [0.1, 0.15) is 33.1 Å². The number of nitrogens with two attached hydrogens (primary N) is 1. The second-order valence-electron chi connectivity index (χ2n) is 6.18. The number of ether oxygens (including phenoxy) is 1. The van der Waals surface area contributed by atoms with Gasteiger partial charge in [-0.15, -0.1) is 12.4 Å². The molecule has 1 aliphatic rings. The van der Waals surface area contributed by atoms with Crippen LogP contribution in [-0.4, -0.2) is 39.1 Å². The van der Waals surface area contributed by atoms with E-state index < -0.39 is 15.6 Å². The molecule has 0 radical (unpaired) electrons. The quantitative estimate of drug-likeness (QED) is 0.682. The molecule has 1 unspecified atom stereocenters. The smallest absolute Gasteiger partial charge is 0.244 e. The first kappa shape index (κ1) is 21.9. The molecule has 0 aromatic heterocycles. The van der Waals surface area contributed by atoms with Crippen molar-refractivity contribution in [3.05, 3.63) is 24.3 Å². The molecule has 1 aliphatic heterocycles. The van der Waals surface area contributed by atoms with Crippen LogP contribution in [0, 0.1) is 0 Å². The van der Waals surface area contributed by atoms with Gasteiger partial charge in [-0.1, -0.05) is 13.0 Å². The van der Waals surface area contributed by atoms with E-state index in [9.17, 15) is 13.2 Å². The first-order valence-electron chi connectivity index (χ1n) is 8.07. The van der Waals surface area contributed by atoms with Crippen LogP contribution in [0.25, 0.3) is 0 Å². The van der Waals surface area contributed by atoms with E-state index in [0.29, 0.717) is 38.2 Å². The molecular formula is C16H26ClN3O4S. The Morgan fingerprint density at radius 2 is 2.00 bits per heavy atom. The number of carbonyl (C=O) groups excluding carboxylic acids is 1. The van der Waals surface area contributed by atoms with Gasteiger partial charge < -0.3 is 15.8 Å². The monoisotopic (exact) mass is 391 g/mol. The van der Waals surface area contributed by atoms with Gasteiger partial charge in [0.2, 0.25) is 15.9 Å². The molecule has 0 bridgehead atoms. The molecule has 0 aliphatic carbocycles. The fourth-order valence-corrected chi connectivity index (χ4v) is 3.75. The average Bonchev–Trinajstić information content (AvgIpc) is 2.55. The van der Waals surface area contributed by atoms with Crippen molar-refractivity contribution in [2.24, 2.45) is 5.73 Å². The van der Waals surface area contributed by atoms with E-state index in [1.807, 2.05) is 6.92 Å². The van der Waals surface area contributed by atoms with Crippen LogP contribution in [0.2, 0.25) is 0 Å². The number of hydrogen-bond acceptors (Lipinski definition) is 5. The third-order valence-corrected chi connectivity index (χ3v) is 5.80. The van der Waals surface area contributed by atoms with Crippen molar-refractivity contribution in [2.45, 2.75) is 49.6 Å². The summed E-state index contributed by atoms with van der Waals surface area (Å²) in [6.07, 6.45) is 1.56. The molecule has 25 heavy (non-hydrogen) atoms. The van der Waals surface area contributed by atoms with E-state index >= 15 is 0 Å². The fourth-order valence-electron chi connectivity index (χ4n) is 2.38. The molecule has 4 N–H and O–H groups in total. The van der Waals surface area contributed by atoms with Gasteiger partial charge in [-0.3, -0.25) is 4.79 Å². The maximum atomic E-state index is 12.4. The Balaban J connectivity index is 0.00000312. The number of rotatable bonds is 6. The number of halogens is 1. The zero-order valence-electron chi connectivity index (χ0n) is 14.4. The van der Waals surface area contributed by atoms with E-state index in [1.54, 1.807) is 19.1 Å². The van der Waals surface area contributed by atoms with Gasteiger partial charge >= 0.3 is 0 Å². The van der Waals surface area contributed by atoms with Crippen LogP contribution in [0.15, 0.2) is 29.2 Å². The third kappa shape index (κ3) is 5.65. The topological polar surface area (TPSA) is 111 Å². The highest BCUT2D eigenvalue weighted by molar-refractivity contribution is 7.89. The maximum absolute atomic E-state index is 12.4. The molecule has 1 aromatic rings. The highest BCUT2D eigenvalue weighted by Gasteiger charge is 2.36. The second kappa shape index (κ2) is 8.95. The van der Waals surface area contributed by atoms with Gasteiger partial charge in [0, 0.05) is 24.9 Å². The summed E-state index contributed by atoms with van der Waals surface area (Å²) < 4.78 is 32.5. The molecule has 0 spiro atoms. The largest absolute Gasteiger partial charge is 0.381 e.